The number of amides is 1. The summed E-state index contributed by atoms with van der Waals surface area (Å²) < 4.78 is 31.5. The fourth-order valence-electron chi connectivity index (χ4n) is 2.76. The Labute approximate surface area is 172 Å². The van der Waals surface area contributed by atoms with Gasteiger partial charge in [-0.3, -0.25) is 9.52 Å². The molecule has 0 aliphatic carbocycles. The zero-order valence-electron chi connectivity index (χ0n) is 17.5. The number of carbonyl (C=O) groups excluding carboxylic acids is 1. The van der Waals surface area contributed by atoms with Gasteiger partial charge in [-0.15, -0.1) is 6.42 Å². The predicted molar refractivity (Wildman–Crippen MR) is 117 cm³/mol. The molecule has 2 aromatic rings. The number of terminal acetylenes is 1. The van der Waals surface area contributed by atoms with E-state index in [1.54, 1.807) is 30.3 Å². The van der Waals surface area contributed by atoms with Gasteiger partial charge in [-0.2, -0.15) is 0 Å². The van der Waals surface area contributed by atoms with Gasteiger partial charge in [0.15, 0.2) is 5.75 Å². The van der Waals surface area contributed by atoms with Gasteiger partial charge in [0.1, 0.15) is 0 Å². The van der Waals surface area contributed by atoms with Crippen molar-refractivity contribution in [3.63, 3.8) is 0 Å². The predicted octanol–water partition coefficient (Wildman–Crippen LogP) is 3.91. The first-order valence-electron chi connectivity index (χ1n) is 8.94. The molecule has 0 heterocycles. The Morgan fingerprint density at radius 1 is 1.14 bits per heavy atom. The molecule has 0 radical (unpaired) electrons. The van der Waals surface area contributed by atoms with Gasteiger partial charge in [0.25, 0.3) is 5.91 Å². The summed E-state index contributed by atoms with van der Waals surface area (Å²) in [7, 11) is -2.13. The van der Waals surface area contributed by atoms with E-state index in [1.165, 1.54) is 7.11 Å². The Morgan fingerprint density at radius 3 is 2.28 bits per heavy atom. The first-order chi connectivity index (χ1) is 13.4. The van der Waals surface area contributed by atoms with Crippen molar-refractivity contribution in [1.82, 2.24) is 0 Å². The molecule has 7 heteroatoms. The number of carbonyl (C=O) groups is 1. The molecular weight excluding hydrogens is 388 g/mol. The number of hydrogen-bond donors (Lipinski definition) is 2. The summed E-state index contributed by atoms with van der Waals surface area (Å²) >= 11 is 0. The largest absolute Gasteiger partial charge is 0.492 e. The molecule has 2 rings (SSSR count). The van der Waals surface area contributed by atoms with Gasteiger partial charge in [-0.25, -0.2) is 8.42 Å². The standard InChI is InChI=1S/C22H26N2O4S/c1-8-15-11-16(10-9-14(15)2)21(25)23-18-12-17(22(3,4)5)13-19(20(18)28-6)24-29(7,26)27/h1,9-13,24H,2-7H3,(H,23,25). The number of aryl methyl sites for hydroxylation is 1. The summed E-state index contributed by atoms with van der Waals surface area (Å²) in [5.74, 6) is 2.40. The van der Waals surface area contributed by atoms with Gasteiger partial charge in [0.2, 0.25) is 10.0 Å². The molecule has 0 unspecified atom stereocenters. The molecule has 0 atom stereocenters. The van der Waals surface area contributed by atoms with Crippen LogP contribution in [0.2, 0.25) is 0 Å². The van der Waals surface area contributed by atoms with Crippen LogP contribution in [0.5, 0.6) is 5.75 Å². The van der Waals surface area contributed by atoms with Crippen molar-refractivity contribution in [2.75, 3.05) is 23.4 Å². The summed E-state index contributed by atoms with van der Waals surface area (Å²) in [5, 5.41) is 2.82. The molecule has 154 valence electrons. The van der Waals surface area contributed by atoms with Crippen LogP contribution >= 0.6 is 0 Å². The van der Waals surface area contributed by atoms with Crippen LogP contribution in [0.3, 0.4) is 0 Å². The number of sulfonamides is 1. The number of nitrogens with one attached hydrogen (secondary N) is 2. The van der Waals surface area contributed by atoms with Crippen LogP contribution in [0.15, 0.2) is 30.3 Å². The first-order valence-corrected chi connectivity index (χ1v) is 10.8. The second-order valence-corrected chi connectivity index (χ2v) is 9.61. The van der Waals surface area contributed by atoms with Crippen LogP contribution in [0.25, 0.3) is 0 Å². The van der Waals surface area contributed by atoms with Crippen LogP contribution < -0.4 is 14.8 Å². The Balaban J connectivity index is 2.57. The summed E-state index contributed by atoms with van der Waals surface area (Å²) in [4.78, 5) is 12.8. The number of hydrogen-bond acceptors (Lipinski definition) is 4. The summed E-state index contributed by atoms with van der Waals surface area (Å²) in [5.41, 5.74) is 3.07. The topological polar surface area (TPSA) is 84.5 Å². The fraction of sp³-hybridized carbons (Fsp3) is 0.318. The smallest absolute Gasteiger partial charge is 0.255 e. The highest BCUT2D eigenvalue weighted by atomic mass is 32.2. The normalized spacial score (nSPS) is 11.5. The minimum atomic E-state index is -3.55. The van der Waals surface area contributed by atoms with E-state index in [0.717, 1.165) is 17.4 Å². The zero-order chi connectivity index (χ0) is 22.0. The molecule has 0 bridgehead atoms. The fourth-order valence-corrected chi connectivity index (χ4v) is 3.31. The van der Waals surface area contributed by atoms with E-state index in [4.69, 9.17) is 11.2 Å². The number of ether oxygens (including phenoxy) is 1. The van der Waals surface area contributed by atoms with Crippen LogP contribution in [0.1, 0.15) is 47.8 Å². The quantitative estimate of drug-likeness (QED) is 0.727. The molecule has 2 N–H and O–H groups in total. The second-order valence-electron chi connectivity index (χ2n) is 7.86. The van der Waals surface area contributed by atoms with Crippen LogP contribution in [-0.2, 0) is 15.4 Å². The SMILES string of the molecule is C#Cc1cc(C(=O)Nc2cc(C(C)(C)C)cc(NS(C)(=O)=O)c2OC)ccc1C. The molecule has 6 nitrogen and oxygen atoms in total. The molecule has 0 spiro atoms. The Morgan fingerprint density at radius 2 is 1.76 bits per heavy atom. The molecule has 29 heavy (non-hydrogen) atoms. The van der Waals surface area contributed by atoms with Crippen molar-refractivity contribution in [3.05, 3.63) is 52.6 Å². The summed E-state index contributed by atoms with van der Waals surface area (Å²) in [6.45, 7) is 7.84. The number of rotatable bonds is 5. The highest BCUT2D eigenvalue weighted by molar-refractivity contribution is 7.92. The summed E-state index contributed by atoms with van der Waals surface area (Å²) in [6.07, 6.45) is 6.56. The minimum Gasteiger partial charge on any atom is -0.492 e. The van der Waals surface area contributed by atoms with E-state index < -0.39 is 10.0 Å². The average Bonchev–Trinajstić information content (AvgIpc) is 2.59. The molecule has 0 aliphatic rings. The molecule has 1 amide bonds. The molecule has 0 saturated heterocycles. The lowest BCUT2D eigenvalue weighted by Crippen LogP contribution is -2.18. The third-order valence-corrected chi connectivity index (χ3v) is 4.95. The van der Waals surface area contributed by atoms with Gasteiger partial charge in [-0.05, 0) is 47.7 Å². The van der Waals surface area contributed by atoms with Crippen molar-refractivity contribution in [2.24, 2.45) is 0 Å². The van der Waals surface area contributed by atoms with Gasteiger partial charge in [0.05, 0.1) is 24.7 Å². The monoisotopic (exact) mass is 414 g/mol. The lowest BCUT2D eigenvalue weighted by atomic mass is 9.86. The highest BCUT2D eigenvalue weighted by Crippen LogP contribution is 2.39. The Kier molecular flexibility index (Phi) is 6.29. The minimum absolute atomic E-state index is 0.223. The molecule has 0 fully saturated rings. The third kappa shape index (κ3) is 5.52. The van der Waals surface area contributed by atoms with Gasteiger partial charge >= 0.3 is 0 Å². The van der Waals surface area contributed by atoms with Crippen LogP contribution in [0, 0.1) is 19.3 Å². The van der Waals surface area contributed by atoms with E-state index in [1.807, 2.05) is 27.7 Å². The van der Waals surface area contributed by atoms with Crippen molar-refractivity contribution in [3.8, 4) is 18.1 Å². The van der Waals surface area contributed by atoms with Gasteiger partial charge in [-0.1, -0.05) is 32.8 Å². The van der Waals surface area contributed by atoms with Gasteiger partial charge < -0.3 is 10.1 Å². The van der Waals surface area contributed by atoms with Crippen LogP contribution in [0.4, 0.5) is 11.4 Å². The first kappa shape index (κ1) is 22.3. The number of benzene rings is 2. The van der Waals surface area contributed by atoms with Crippen molar-refractivity contribution < 1.29 is 17.9 Å². The molecule has 2 aromatic carbocycles. The summed E-state index contributed by atoms with van der Waals surface area (Å²) in [6, 6.07) is 8.59. The number of anilines is 2. The zero-order valence-corrected chi connectivity index (χ0v) is 18.3. The van der Waals surface area contributed by atoms with E-state index >= 15 is 0 Å². The van der Waals surface area contributed by atoms with Gasteiger partial charge in [0, 0.05) is 11.1 Å². The Bertz CT molecular complexity index is 1090. The van der Waals surface area contributed by atoms with E-state index in [9.17, 15) is 13.2 Å². The molecule has 0 saturated carbocycles. The van der Waals surface area contributed by atoms with E-state index in [0.29, 0.717) is 16.8 Å². The lowest BCUT2D eigenvalue weighted by Gasteiger charge is -2.24. The number of methoxy groups -OCH3 is 1. The maximum Gasteiger partial charge on any atom is 0.255 e. The average molecular weight is 415 g/mol. The van der Waals surface area contributed by atoms with Crippen LogP contribution in [-0.4, -0.2) is 27.7 Å². The lowest BCUT2D eigenvalue weighted by molar-refractivity contribution is 0.102. The van der Waals surface area contributed by atoms with E-state index in [-0.39, 0.29) is 22.8 Å². The molecule has 0 aromatic heterocycles. The second kappa shape index (κ2) is 8.18. The maximum absolute atomic E-state index is 12.8. The maximum atomic E-state index is 12.8. The van der Waals surface area contributed by atoms with E-state index in [2.05, 4.69) is 16.0 Å². The van der Waals surface area contributed by atoms with Crippen molar-refractivity contribution >= 4 is 27.3 Å². The highest BCUT2D eigenvalue weighted by Gasteiger charge is 2.22. The van der Waals surface area contributed by atoms with Crippen molar-refractivity contribution in [1.29, 1.82) is 0 Å². The third-order valence-electron chi connectivity index (χ3n) is 4.36. The van der Waals surface area contributed by atoms with Crippen molar-refractivity contribution in [2.45, 2.75) is 33.1 Å². The Hall–Kier alpha value is -2.98. The molecular formula is C22H26N2O4S. The molecule has 0 aliphatic heterocycles.